The summed E-state index contributed by atoms with van der Waals surface area (Å²) in [6, 6.07) is 2.61. The Hall–Kier alpha value is -1.82. The first kappa shape index (κ1) is 12.6. The Morgan fingerprint density at radius 3 is 2.83 bits per heavy atom. The molecule has 5 nitrogen and oxygen atoms in total. The molecule has 1 aromatic carbocycles. The fourth-order valence-electron chi connectivity index (χ4n) is 1.58. The first-order chi connectivity index (χ1) is 8.40. The van der Waals surface area contributed by atoms with Gasteiger partial charge in [-0.2, -0.15) is 0 Å². The van der Waals surface area contributed by atoms with Crippen LogP contribution in [0.5, 0.6) is 0 Å². The van der Waals surface area contributed by atoms with Crippen LogP contribution in [0.3, 0.4) is 0 Å². The molecule has 0 atom stereocenters. The number of carbonyl (C=O) groups excluding carboxylic acids is 1. The van der Waals surface area contributed by atoms with E-state index in [4.69, 9.17) is 17.3 Å². The van der Waals surface area contributed by atoms with E-state index >= 15 is 0 Å². The van der Waals surface area contributed by atoms with Gasteiger partial charge in [0.15, 0.2) is 0 Å². The van der Waals surface area contributed by atoms with Gasteiger partial charge in [0.05, 0.1) is 16.1 Å². The molecule has 7 heteroatoms. The number of aromatic nitrogens is 2. The first-order valence-electron chi connectivity index (χ1n) is 5.21. The molecule has 0 aliphatic heterocycles. The minimum absolute atomic E-state index is 0.0103. The van der Waals surface area contributed by atoms with Gasteiger partial charge in [-0.15, -0.1) is 0 Å². The highest BCUT2D eigenvalue weighted by Gasteiger charge is 2.15. The lowest BCUT2D eigenvalue weighted by Gasteiger charge is -2.12. The van der Waals surface area contributed by atoms with Gasteiger partial charge in [0, 0.05) is 20.2 Å². The molecule has 0 aliphatic carbocycles. The van der Waals surface area contributed by atoms with Crippen molar-refractivity contribution >= 4 is 34.5 Å². The number of halogens is 2. The van der Waals surface area contributed by atoms with Gasteiger partial charge < -0.3 is 15.2 Å². The maximum Gasteiger partial charge on any atom is 0.242 e. The normalized spacial score (nSPS) is 10.9. The van der Waals surface area contributed by atoms with E-state index in [1.165, 1.54) is 21.6 Å². The van der Waals surface area contributed by atoms with Gasteiger partial charge in [-0.05, 0) is 6.07 Å². The van der Waals surface area contributed by atoms with Crippen molar-refractivity contribution in [1.82, 2.24) is 14.5 Å². The van der Waals surface area contributed by atoms with Gasteiger partial charge in [-0.1, -0.05) is 11.6 Å². The van der Waals surface area contributed by atoms with Gasteiger partial charge in [0.25, 0.3) is 0 Å². The number of nitrogens with two attached hydrogens (primary N) is 1. The van der Waals surface area contributed by atoms with E-state index in [0.29, 0.717) is 11.0 Å². The van der Waals surface area contributed by atoms with Crippen LogP contribution in [0, 0.1) is 5.82 Å². The summed E-state index contributed by atoms with van der Waals surface area (Å²) in [4.78, 5) is 17.1. The number of nitrogens with zero attached hydrogens (tertiary/aromatic N) is 3. The Balaban J connectivity index is 2.53. The molecule has 1 amide bonds. The fraction of sp³-hybridized carbons (Fsp3) is 0.273. The van der Waals surface area contributed by atoms with Crippen molar-refractivity contribution in [2.75, 3.05) is 19.8 Å². The summed E-state index contributed by atoms with van der Waals surface area (Å²) in [7, 11) is 3.27. The SMILES string of the molecule is CN(C)C(=O)Cn1c(N)nc2cc(Cl)c(F)cc21. The number of fused-ring (bicyclic) bond motifs is 1. The number of benzene rings is 1. The molecule has 1 aromatic heterocycles. The van der Waals surface area contributed by atoms with Gasteiger partial charge in [-0.3, -0.25) is 4.79 Å². The Bertz CT molecular complexity index is 623. The molecule has 0 unspecified atom stereocenters. The van der Waals surface area contributed by atoms with Crippen molar-refractivity contribution in [1.29, 1.82) is 0 Å². The third kappa shape index (κ3) is 2.11. The molecule has 0 spiro atoms. The lowest BCUT2D eigenvalue weighted by Crippen LogP contribution is -2.26. The minimum atomic E-state index is -0.567. The molecule has 2 rings (SSSR count). The summed E-state index contributed by atoms with van der Waals surface area (Å²) in [6.45, 7) is 0.0103. The van der Waals surface area contributed by atoms with Gasteiger partial charge in [0.2, 0.25) is 11.9 Å². The molecular weight excluding hydrogens is 259 g/mol. The molecule has 1 heterocycles. The van der Waals surface area contributed by atoms with Crippen LogP contribution in [0.2, 0.25) is 5.02 Å². The number of amides is 1. The highest BCUT2D eigenvalue weighted by molar-refractivity contribution is 6.31. The van der Waals surface area contributed by atoms with Crippen molar-refractivity contribution < 1.29 is 9.18 Å². The average Bonchev–Trinajstić information content (AvgIpc) is 2.56. The third-order valence-electron chi connectivity index (χ3n) is 2.61. The van der Waals surface area contributed by atoms with E-state index in [0.717, 1.165) is 0 Å². The number of anilines is 1. The molecular formula is C11H12ClFN4O. The summed E-state index contributed by atoms with van der Waals surface area (Å²) in [6.07, 6.45) is 0. The molecule has 96 valence electrons. The van der Waals surface area contributed by atoms with Crippen LogP contribution < -0.4 is 5.73 Å². The minimum Gasteiger partial charge on any atom is -0.369 e. The largest absolute Gasteiger partial charge is 0.369 e. The first-order valence-corrected chi connectivity index (χ1v) is 5.59. The lowest BCUT2D eigenvalue weighted by atomic mass is 10.3. The van der Waals surface area contributed by atoms with Gasteiger partial charge in [0.1, 0.15) is 12.4 Å². The van der Waals surface area contributed by atoms with Crippen LogP contribution >= 0.6 is 11.6 Å². The van der Waals surface area contributed by atoms with Crippen molar-refractivity contribution in [3.05, 3.63) is 23.0 Å². The Morgan fingerprint density at radius 1 is 1.56 bits per heavy atom. The van der Waals surface area contributed by atoms with Gasteiger partial charge in [-0.25, -0.2) is 9.37 Å². The zero-order valence-electron chi connectivity index (χ0n) is 9.94. The molecule has 2 N–H and O–H groups in total. The number of hydrogen-bond donors (Lipinski definition) is 1. The number of rotatable bonds is 2. The Morgan fingerprint density at radius 2 is 2.22 bits per heavy atom. The number of nitrogen functional groups attached to an aromatic ring is 1. The maximum absolute atomic E-state index is 13.4. The fourth-order valence-corrected chi connectivity index (χ4v) is 1.74. The number of hydrogen-bond acceptors (Lipinski definition) is 3. The molecule has 0 saturated carbocycles. The summed E-state index contributed by atoms with van der Waals surface area (Å²) in [5, 5.41) is -0.0221. The number of imidazole rings is 1. The quantitative estimate of drug-likeness (QED) is 0.899. The third-order valence-corrected chi connectivity index (χ3v) is 2.90. The summed E-state index contributed by atoms with van der Waals surface area (Å²) in [5.41, 5.74) is 6.63. The smallest absolute Gasteiger partial charge is 0.242 e. The molecule has 0 fully saturated rings. The predicted octanol–water partition coefficient (Wildman–Crippen LogP) is 1.50. The molecule has 0 aliphatic rings. The van der Waals surface area contributed by atoms with Crippen LogP contribution in [0.1, 0.15) is 0 Å². The number of carbonyl (C=O) groups is 1. The highest BCUT2D eigenvalue weighted by Crippen LogP contribution is 2.24. The van der Waals surface area contributed by atoms with Crippen LogP contribution in [-0.4, -0.2) is 34.5 Å². The predicted molar refractivity (Wildman–Crippen MR) is 67.8 cm³/mol. The van der Waals surface area contributed by atoms with E-state index in [-0.39, 0.29) is 23.4 Å². The lowest BCUT2D eigenvalue weighted by molar-refractivity contribution is -0.129. The molecule has 0 radical (unpaired) electrons. The second-order valence-electron chi connectivity index (χ2n) is 4.10. The second kappa shape index (κ2) is 4.45. The van der Waals surface area contributed by atoms with Crippen LogP contribution in [0.15, 0.2) is 12.1 Å². The van der Waals surface area contributed by atoms with Crippen molar-refractivity contribution in [2.45, 2.75) is 6.54 Å². The Labute approximate surface area is 108 Å². The van der Waals surface area contributed by atoms with Crippen molar-refractivity contribution in [2.24, 2.45) is 0 Å². The van der Waals surface area contributed by atoms with Crippen LogP contribution in [-0.2, 0) is 11.3 Å². The summed E-state index contributed by atoms with van der Waals surface area (Å²) in [5.74, 6) is -0.569. The van der Waals surface area contributed by atoms with Crippen molar-refractivity contribution in [3.63, 3.8) is 0 Å². The number of likely N-dealkylation sites (N-methyl/N-ethyl adjacent to an activating group) is 1. The van der Waals surface area contributed by atoms with Crippen LogP contribution in [0.25, 0.3) is 11.0 Å². The van der Waals surface area contributed by atoms with Crippen LogP contribution in [0.4, 0.5) is 10.3 Å². The zero-order chi connectivity index (χ0) is 13.4. The standard InChI is InChI=1S/C11H12ClFN4O/c1-16(2)10(18)5-17-9-4-7(13)6(12)3-8(9)15-11(17)14/h3-4H,5H2,1-2H3,(H2,14,15). The van der Waals surface area contributed by atoms with Gasteiger partial charge >= 0.3 is 0 Å². The van der Waals surface area contributed by atoms with Crippen molar-refractivity contribution in [3.8, 4) is 0 Å². The zero-order valence-corrected chi connectivity index (χ0v) is 10.7. The van der Waals surface area contributed by atoms with E-state index in [1.807, 2.05) is 0 Å². The van der Waals surface area contributed by atoms with E-state index in [9.17, 15) is 9.18 Å². The maximum atomic E-state index is 13.4. The van der Waals surface area contributed by atoms with E-state index < -0.39 is 5.82 Å². The van der Waals surface area contributed by atoms with E-state index in [1.54, 1.807) is 14.1 Å². The molecule has 2 aromatic rings. The summed E-state index contributed by atoms with van der Waals surface area (Å²) >= 11 is 5.67. The average molecular weight is 271 g/mol. The molecule has 0 bridgehead atoms. The molecule has 18 heavy (non-hydrogen) atoms. The Kier molecular flexibility index (Phi) is 3.13. The highest BCUT2D eigenvalue weighted by atomic mass is 35.5. The second-order valence-corrected chi connectivity index (χ2v) is 4.51. The molecule has 0 saturated heterocycles. The van der Waals surface area contributed by atoms with E-state index in [2.05, 4.69) is 4.98 Å². The monoisotopic (exact) mass is 270 g/mol. The summed E-state index contributed by atoms with van der Waals surface area (Å²) < 4.78 is 14.9. The topological polar surface area (TPSA) is 64.2 Å².